The number of nitrogens with one attached hydrogen (secondary N) is 2. The number of nitrogens with zero attached hydrogens (tertiary/aromatic N) is 2. The molecule has 3 amide bonds. The quantitative estimate of drug-likeness (QED) is 0.598. The van der Waals surface area contributed by atoms with Crippen LogP contribution in [0.4, 0.5) is 10.5 Å². The van der Waals surface area contributed by atoms with Crippen molar-refractivity contribution in [2.45, 2.75) is 25.8 Å². The van der Waals surface area contributed by atoms with E-state index in [1.807, 2.05) is 30.5 Å². The predicted molar refractivity (Wildman–Crippen MR) is 121 cm³/mol. The van der Waals surface area contributed by atoms with Crippen molar-refractivity contribution in [1.82, 2.24) is 15.2 Å². The Labute approximate surface area is 182 Å². The van der Waals surface area contributed by atoms with Gasteiger partial charge in [0.2, 0.25) is 0 Å². The molecule has 0 saturated heterocycles. The molecule has 0 spiro atoms. The summed E-state index contributed by atoms with van der Waals surface area (Å²) >= 11 is 0. The summed E-state index contributed by atoms with van der Waals surface area (Å²) in [5, 5.41) is 5.86. The van der Waals surface area contributed by atoms with Gasteiger partial charge in [0.25, 0.3) is 5.91 Å². The van der Waals surface area contributed by atoms with Crippen LogP contribution in [-0.4, -0.2) is 34.9 Å². The molecular weight excluding hydrogens is 388 g/mol. The lowest BCUT2D eigenvalue weighted by molar-refractivity contribution is 0.0953. The van der Waals surface area contributed by atoms with Crippen molar-refractivity contribution in [1.29, 1.82) is 0 Å². The first-order valence-corrected chi connectivity index (χ1v) is 10.6. The summed E-state index contributed by atoms with van der Waals surface area (Å²) in [6.07, 6.45) is 6.26. The van der Waals surface area contributed by atoms with E-state index in [2.05, 4.69) is 27.8 Å². The fraction of sp³-hybridized carbons (Fsp3) is 0.240. The summed E-state index contributed by atoms with van der Waals surface area (Å²) < 4.78 is 0. The highest BCUT2D eigenvalue weighted by Gasteiger charge is 2.20. The molecule has 0 bridgehead atoms. The van der Waals surface area contributed by atoms with Gasteiger partial charge in [-0.05, 0) is 66.3 Å². The first-order chi connectivity index (χ1) is 15.2. The van der Waals surface area contributed by atoms with Crippen molar-refractivity contribution in [3.63, 3.8) is 0 Å². The van der Waals surface area contributed by atoms with Crippen molar-refractivity contribution >= 4 is 17.6 Å². The Morgan fingerprint density at radius 1 is 0.968 bits per heavy atom. The fourth-order valence-corrected chi connectivity index (χ4v) is 3.70. The van der Waals surface area contributed by atoms with E-state index < -0.39 is 0 Å². The summed E-state index contributed by atoms with van der Waals surface area (Å²) in [7, 11) is 0. The minimum Gasteiger partial charge on any atom is -0.352 e. The average Bonchev–Trinajstić information content (AvgIpc) is 2.82. The number of urea groups is 1. The van der Waals surface area contributed by atoms with Crippen LogP contribution in [0.5, 0.6) is 0 Å². The number of aromatic nitrogens is 1. The number of amides is 3. The van der Waals surface area contributed by atoms with Gasteiger partial charge in [-0.25, -0.2) is 4.79 Å². The number of hydrogen-bond acceptors (Lipinski definition) is 3. The van der Waals surface area contributed by atoms with Crippen LogP contribution in [-0.2, 0) is 19.4 Å². The molecule has 3 aromatic rings. The van der Waals surface area contributed by atoms with Gasteiger partial charge in [-0.2, -0.15) is 0 Å². The van der Waals surface area contributed by atoms with Gasteiger partial charge >= 0.3 is 6.03 Å². The molecule has 0 saturated carbocycles. The van der Waals surface area contributed by atoms with Crippen molar-refractivity contribution in [3.8, 4) is 0 Å². The molecule has 2 N–H and O–H groups in total. The number of benzene rings is 2. The molecule has 4 rings (SSSR count). The molecular formula is C25H26N4O2. The Morgan fingerprint density at radius 2 is 1.77 bits per heavy atom. The third-order valence-corrected chi connectivity index (χ3v) is 5.47. The van der Waals surface area contributed by atoms with Gasteiger partial charge in [0.15, 0.2) is 0 Å². The van der Waals surface area contributed by atoms with E-state index in [1.165, 1.54) is 11.1 Å². The lowest BCUT2D eigenvalue weighted by Crippen LogP contribution is -2.38. The molecule has 1 aliphatic heterocycles. The van der Waals surface area contributed by atoms with Crippen LogP contribution >= 0.6 is 0 Å². The summed E-state index contributed by atoms with van der Waals surface area (Å²) in [5.41, 5.74) is 4.85. The second-order valence-corrected chi connectivity index (χ2v) is 7.67. The fourth-order valence-electron chi connectivity index (χ4n) is 3.70. The van der Waals surface area contributed by atoms with Gasteiger partial charge in [0.1, 0.15) is 0 Å². The smallest absolute Gasteiger partial charge is 0.322 e. The van der Waals surface area contributed by atoms with E-state index in [0.717, 1.165) is 24.8 Å². The summed E-state index contributed by atoms with van der Waals surface area (Å²) in [5.74, 6) is -0.105. The first kappa shape index (κ1) is 20.6. The maximum Gasteiger partial charge on any atom is 0.322 e. The number of hydrogen-bond donors (Lipinski definition) is 2. The van der Waals surface area contributed by atoms with Crippen LogP contribution in [0, 0.1) is 0 Å². The number of fused-ring (bicyclic) bond motifs is 1. The zero-order valence-electron chi connectivity index (χ0n) is 17.4. The third kappa shape index (κ3) is 5.48. The minimum atomic E-state index is -0.146. The van der Waals surface area contributed by atoms with Crippen LogP contribution < -0.4 is 10.6 Å². The summed E-state index contributed by atoms with van der Waals surface area (Å²) in [4.78, 5) is 30.9. The molecule has 6 heteroatoms. The van der Waals surface area contributed by atoms with Gasteiger partial charge in [-0.15, -0.1) is 0 Å². The van der Waals surface area contributed by atoms with Crippen LogP contribution in [0.1, 0.15) is 33.5 Å². The highest BCUT2D eigenvalue weighted by molar-refractivity contribution is 5.95. The largest absolute Gasteiger partial charge is 0.352 e. The Hall–Kier alpha value is -3.67. The molecule has 1 aliphatic rings. The standard InChI is InChI=1S/C25H26N4O2/c30-24(27-14-4-7-19-5-2-1-3-6-19)21-8-10-23(11-9-21)28-25(31)29-16-13-20-12-15-26-17-22(20)18-29/h1-3,5-6,8-12,15,17H,4,7,13-14,16,18H2,(H,27,30)(H,28,31). The van der Waals surface area contributed by atoms with Gasteiger partial charge in [0, 0.05) is 43.3 Å². The molecule has 2 heterocycles. The molecule has 0 fully saturated rings. The second kappa shape index (κ2) is 9.89. The molecule has 6 nitrogen and oxygen atoms in total. The molecule has 0 aliphatic carbocycles. The molecule has 31 heavy (non-hydrogen) atoms. The van der Waals surface area contributed by atoms with Gasteiger partial charge in [-0.3, -0.25) is 9.78 Å². The van der Waals surface area contributed by atoms with E-state index in [4.69, 9.17) is 0 Å². The zero-order valence-corrected chi connectivity index (χ0v) is 17.4. The van der Waals surface area contributed by atoms with E-state index >= 15 is 0 Å². The maximum absolute atomic E-state index is 12.6. The number of carbonyl (C=O) groups is 2. The Balaban J connectivity index is 1.24. The van der Waals surface area contributed by atoms with Crippen molar-refractivity contribution in [2.75, 3.05) is 18.4 Å². The van der Waals surface area contributed by atoms with Crippen molar-refractivity contribution < 1.29 is 9.59 Å². The number of carbonyl (C=O) groups excluding carboxylic acids is 2. The topological polar surface area (TPSA) is 74.3 Å². The van der Waals surface area contributed by atoms with Gasteiger partial charge in [-0.1, -0.05) is 30.3 Å². The SMILES string of the molecule is O=C(NCCCc1ccccc1)c1ccc(NC(=O)N2CCc3ccncc3C2)cc1. The van der Waals surface area contributed by atoms with Crippen molar-refractivity contribution in [2.24, 2.45) is 0 Å². The Bertz CT molecular complexity index is 1030. The molecule has 2 aromatic carbocycles. The van der Waals surface area contributed by atoms with E-state index in [1.54, 1.807) is 35.4 Å². The predicted octanol–water partition coefficient (Wildman–Crippen LogP) is 4.03. The number of anilines is 1. The minimum absolute atomic E-state index is 0.105. The highest BCUT2D eigenvalue weighted by atomic mass is 16.2. The molecule has 158 valence electrons. The normalized spacial score (nSPS) is 12.7. The van der Waals surface area contributed by atoms with Crippen LogP contribution in [0.2, 0.25) is 0 Å². The lowest BCUT2D eigenvalue weighted by atomic mass is 10.0. The second-order valence-electron chi connectivity index (χ2n) is 7.67. The number of rotatable bonds is 6. The molecule has 0 atom stereocenters. The number of pyridine rings is 1. The van der Waals surface area contributed by atoms with Crippen molar-refractivity contribution in [3.05, 3.63) is 95.3 Å². The number of aryl methyl sites for hydroxylation is 1. The van der Waals surface area contributed by atoms with Crippen LogP contribution in [0.25, 0.3) is 0 Å². The van der Waals surface area contributed by atoms with E-state index in [9.17, 15) is 9.59 Å². The summed E-state index contributed by atoms with van der Waals surface area (Å²) in [6, 6.07) is 19.1. The average molecular weight is 415 g/mol. The molecule has 0 unspecified atom stereocenters. The zero-order chi connectivity index (χ0) is 21.5. The Morgan fingerprint density at radius 3 is 2.58 bits per heavy atom. The summed E-state index contributed by atoms with van der Waals surface area (Å²) in [6.45, 7) is 1.85. The van der Waals surface area contributed by atoms with Gasteiger partial charge < -0.3 is 15.5 Å². The van der Waals surface area contributed by atoms with Crippen LogP contribution in [0.15, 0.2) is 73.1 Å². The highest BCUT2D eigenvalue weighted by Crippen LogP contribution is 2.19. The molecule has 1 aromatic heterocycles. The monoisotopic (exact) mass is 414 g/mol. The van der Waals surface area contributed by atoms with Crippen LogP contribution in [0.3, 0.4) is 0 Å². The van der Waals surface area contributed by atoms with E-state index in [0.29, 0.717) is 30.9 Å². The van der Waals surface area contributed by atoms with E-state index in [-0.39, 0.29) is 11.9 Å². The van der Waals surface area contributed by atoms with Gasteiger partial charge in [0.05, 0.1) is 0 Å². The third-order valence-electron chi connectivity index (χ3n) is 5.47. The Kier molecular flexibility index (Phi) is 6.57. The first-order valence-electron chi connectivity index (χ1n) is 10.6. The maximum atomic E-state index is 12.6. The molecule has 0 radical (unpaired) electrons. The lowest BCUT2D eigenvalue weighted by Gasteiger charge is -2.28.